The quantitative estimate of drug-likeness (QED) is 0.727. The zero-order valence-corrected chi connectivity index (χ0v) is 8.10. The van der Waals surface area contributed by atoms with Crippen LogP contribution in [0.15, 0.2) is 29.6 Å². The molecule has 1 aromatic carbocycles. The van der Waals surface area contributed by atoms with Crippen molar-refractivity contribution in [1.29, 1.82) is 0 Å². The Morgan fingerprint density at radius 3 is 2.92 bits per heavy atom. The molecule has 1 nitrogen and oxygen atoms in total. The Morgan fingerprint density at radius 1 is 1.23 bits per heavy atom. The molecule has 1 N–H and O–H groups in total. The molecule has 0 aliphatic carbocycles. The zero-order chi connectivity index (χ0) is 8.67. The molecule has 0 amide bonds. The summed E-state index contributed by atoms with van der Waals surface area (Å²) >= 11 is 1.86. The van der Waals surface area contributed by atoms with Gasteiger partial charge in [-0.05, 0) is 22.4 Å². The molecule has 3 rings (SSSR count). The minimum Gasteiger partial charge on any atom is -0.315 e. The Morgan fingerprint density at radius 2 is 2.15 bits per heavy atom. The number of fused-ring (bicyclic) bond motifs is 1. The molecule has 0 bridgehead atoms. The maximum atomic E-state index is 3.32. The Hall–Kier alpha value is -0.860. The van der Waals surface area contributed by atoms with Crippen molar-refractivity contribution in [3.05, 3.63) is 35.2 Å². The lowest BCUT2D eigenvalue weighted by Crippen LogP contribution is -2.39. The molecular formula is C11H11NS. The lowest BCUT2D eigenvalue weighted by molar-refractivity contribution is 0.451. The van der Waals surface area contributed by atoms with E-state index in [9.17, 15) is 0 Å². The minimum atomic E-state index is 0.752. The van der Waals surface area contributed by atoms with E-state index < -0.39 is 0 Å². The Labute approximate surface area is 81.4 Å². The van der Waals surface area contributed by atoms with Crippen LogP contribution in [0.3, 0.4) is 0 Å². The lowest BCUT2D eigenvalue weighted by Gasteiger charge is -2.27. The van der Waals surface area contributed by atoms with Crippen LogP contribution in [-0.2, 0) is 0 Å². The van der Waals surface area contributed by atoms with Crippen LogP contribution in [0.2, 0.25) is 0 Å². The summed E-state index contributed by atoms with van der Waals surface area (Å²) < 4.78 is 1.48. The largest absolute Gasteiger partial charge is 0.315 e. The number of rotatable bonds is 1. The standard InChI is InChI=1S/C11H11NS/c1-2-8-4-5-13-11(8)10(3-1)9-6-12-7-9/h1-5,9,12H,6-7H2. The topological polar surface area (TPSA) is 12.0 Å². The van der Waals surface area contributed by atoms with E-state index >= 15 is 0 Å². The van der Waals surface area contributed by atoms with E-state index in [0.717, 1.165) is 19.0 Å². The van der Waals surface area contributed by atoms with Crippen molar-refractivity contribution in [2.45, 2.75) is 5.92 Å². The summed E-state index contributed by atoms with van der Waals surface area (Å²) in [6.45, 7) is 2.30. The summed E-state index contributed by atoms with van der Waals surface area (Å²) in [7, 11) is 0. The molecule has 0 saturated carbocycles. The van der Waals surface area contributed by atoms with Crippen LogP contribution in [0.1, 0.15) is 11.5 Å². The van der Waals surface area contributed by atoms with Crippen molar-refractivity contribution in [1.82, 2.24) is 5.32 Å². The molecule has 1 aliphatic rings. The third-order valence-corrected chi connectivity index (χ3v) is 3.71. The smallest absolute Gasteiger partial charge is 0.0378 e. The van der Waals surface area contributed by atoms with Gasteiger partial charge in [-0.25, -0.2) is 0 Å². The summed E-state index contributed by atoms with van der Waals surface area (Å²) in [6.07, 6.45) is 0. The molecule has 2 heteroatoms. The first-order chi connectivity index (χ1) is 6.45. The van der Waals surface area contributed by atoms with E-state index in [2.05, 4.69) is 35.0 Å². The van der Waals surface area contributed by atoms with Crippen molar-refractivity contribution >= 4 is 21.4 Å². The molecule has 0 spiro atoms. The van der Waals surface area contributed by atoms with Gasteiger partial charge in [-0.2, -0.15) is 0 Å². The van der Waals surface area contributed by atoms with Gasteiger partial charge in [0.2, 0.25) is 0 Å². The van der Waals surface area contributed by atoms with Gasteiger partial charge in [-0.1, -0.05) is 18.2 Å². The van der Waals surface area contributed by atoms with Gasteiger partial charge in [0.05, 0.1) is 0 Å². The molecule has 66 valence electrons. The highest BCUT2D eigenvalue weighted by Crippen LogP contribution is 2.31. The van der Waals surface area contributed by atoms with Crippen LogP contribution in [0.25, 0.3) is 10.1 Å². The number of thiophene rings is 1. The van der Waals surface area contributed by atoms with Crippen molar-refractivity contribution in [3.63, 3.8) is 0 Å². The van der Waals surface area contributed by atoms with E-state index in [1.165, 1.54) is 15.6 Å². The second kappa shape index (κ2) is 2.82. The van der Waals surface area contributed by atoms with Gasteiger partial charge in [0, 0.05) is 23.7 Å². The summed E-state index contributed by atoms with van der Waals surface area (Å²) in [5.41, 5.74) is 1.53. The molecule has 2 heterocycles. The van der Waals surface area contributed by atoms with Gasteiger partial charge in [0.15, 0.2) is 0 Å². The number of nitrogens with one attached hydrogen (secondary N) is 1. The molecule has 0 unspecified atom stereocenters. The van der Waals surface area contributed by atoms with Gasteiger partial charge in [-0.3, -0.25) is 0 Å². The van der Waals surface area contributed by atoms with Crippen LogP contribution >= 0.6 is 11.3 Å². The van der Waals surface area contributed by atoms with E-state index in [1.807, 2.05) is 11.3 Å². The molecule has 0 atom stereocenters. The minimum absolute atomic E-state index is 0.752. The molecule has 13 heavy (non-hydrogen) atoms. The fraction of sp³-hybridized carbons (Fsp3) is 0.273. The maximum absolute atomic E-state index is 3.32. The molecule has 1 fully saturated rings. The van der Waals surface area contributed by atoms with Gasteiger partial charge >= 0.3 is 0 Å². The molecule has 1 aliphatic heterocycles. The highest BCUT2D eigenvalue weighted by atomic mass is 32.1. The lowest BCUT2D eigenvalue weighted by atomic mass is 9.93. The number of hydrogen-bond acceptors (Lipinski definition) is 2. The number of hydrogen-bond donors (Lipinski definition) is 1. The highest BCUT2D eigenvalue weighted by Gasteiger charge is 2.20. The van der Waals surface area contributed by atoms with E-state index in [4.69, 9.17) is 0 Å². The van der Waals surface area contributed by atoms with E-state index in [1.54, 1.807) is 0 Å². The Bertz CT molecular complexity index is 428. The maximum Gasteiger partial charge on any atom is 0.0378 e. The second-order valence-corrected chi connectivity index (χ2v) is 4.46. The van der Waals surface area contributed by atoms with Crippen molar-refractivity contribution in [2.75, 3.05) is 13.1 Å². The predicted molar refractivity (Wildman–Crippen MR) is 57.4 cm³/mol. The van der Waals surface area contributed by atoms with Crippen LogP contribution in [0, 0.1) is 0 Å². The number of benzene rings is 1. The second-order valence-electron chi connectivity index (χ2n) is 3.54. The normalized spacial score (nSPS) is 17.5. The fourth-order valence-electron chi connectivity index (χ4n) is 1.85. The Balaban J connectivity index is 2.20. The van der Waals surface area contributed by atoms with E-state index in [0.29, 0.717) is 0 Å². The van der Waals surface area contributed by atoms with Gasteiger partial charge < -0.3 is 5.32 Å². The Kier molecular flexibility index (Phi) is 1.64. The van der Waals surface area contributed by atoms with Crippen LogP contribution < -0.4 is 5.32 Å². The average molecular weight is 189 g/mol. The average Bonchev–Trinajstić information content (AvgIpc) is 2.49. The predicted octanol–water partition coefficient (Wildman–Crippen LogP) is 2.59. The van der Waals surface area contributed by atoms with Crippen molar-refractivity contribution < 1.29 is 0 Å². The summed E-state index contributed by atoms with van der Waals surface area (Å²) in [5, 5.41) is 6.90. The van der Waals surface area contributed by atoms with Crippen molar-refractivity contribution in [2.24, 2.45) is 0 Å². The molecule has 1 aromatic heterocycles. The molecule has 2 aromatic rings. The SMILES string of the molecule is c1cc(C2CNC2)c2sccc2c1. The fourth-order valence-corrected chi connectivity index (χ4v) is 2.84. The van der Waals surface area contributed by atoms with Crippen LogP contribution in [-0.4, -0.2) is 13.1 Å². The van der Waals surface area contributed by atoms with Gasteiger partial charge in [0.1, 0.15) is 0 Å². The van der Waals surface area contributed by atoms with E-state index in [-0.39, 0.29) is 0 Å². The first-order valence-corrected chi connectivity index (χ1v) is 5.50. The van der Waals surface area contributed by atoms with Crippen LogP contribution in [0.4, 0.5) is 0 Å². The molecule has 0 radical (unpaired) electrons. The zero-order valence-electron chi connectivity index (χ0n) is 7.29. The first kappa shape index (κ1) is 7.54. The van der Waals surface area contributed by atoms with Gasteiger partial charge in [0.25, 0.3) is 0 Å². The third kappa shape index (κ3) is 1.10. The van der Waals surface area contributed by atoms with Gasteiger partial charge in [-0.15, -0.1) is 11.3 Å². The molecule has 1 saturated heterocycles. The summed E-state index contributed by atoms with van der Waals surface area (Å²) in [5.74, 6) is 0.752. The molecular weight excluding hydrogens is 178 g/mol. The monoisotopic (exact) mass is 189 g/mol. The third-order valence-electron chi connectivity index (χ3n) is 2.73. The van der Waals surface area contributed by atoms with Crippen LogP contribution in [0.5, 0.6) is 0 Å². The van der Waals surface area contributed by atoms with Crippen molar-refractivity contribution in [3.8, 4) is 0 Å². The first-order valence-electron chi connectivity index (χ1n) is 4.62. The summed E-state index contributed by atoms with van der Waals surface area (Å²) in [6, 6.07) is 8.84. The summed E-state index contributed by atoms with van der Waals surface area (Å²) in [4.78, 5) is 0. The highest BCUT2D eigenvalue weighted by molar-refractivity contribution is 7.17.